The summed E-state index contributed by atoms with van der Waals surface area (Å²) in [6.07, 6.45) is 3.42. The van der Waals surface area contributed by atoms with Crippen LogP contribution in [-0.4, -0.2) is 56.7 Å². The largest absolute Gasteiger partial charge is 0.494 e. The van der Waals surface area contributed by atoms with Gasteiger partial charge in [-0.1, -0.05) is 0 Å². The van der Waals surface area contributed by atoms with Gasteiger partial charge in [-0.3, -0.25) is 4.79 Å². The summed E-state index contributed by atoms with van der Waals surface area (Å²) < 4.78 is 17.1. The molecule has 1 aromatic heterocycles. The van der Waals surface area contributed by atoms with Gasteiger partial charge in [-0.25, -0.2) is 4.99 Å². The van der Waals surface area contributed by atoms with Gasteiger partial charge in [-0.2, -0.15) is 0 Å². The van der Waals surface area contributed by atoms with E-state index in [9.17, 15) is 4.79 Å². The van der Waals surface area contributed by atoms with Crippen molar-refractivity contribution in [2.45, 2.75) is 39.3 Å². The van der Waals surface area contributed by atoms with Crippen LogP contribution >= 0.6 is 24.0 Å². The number of guanidine groups is 1. The summed E-state index contributed by atoms with van der Waals surface area (Å²) in [7, 11) is 3.45. The Morgan fingerprint density at radius 1 is 1.31 bits per heavy atom. The van der Waals surface area contributed by atoms with Crippen LogP contribution in [0, 0.1) is 0 Å². The van der Waals surface area contributed by atoms with Crippen LogP contribution in [0.5, 0.6) is 11.5 Å². The fourth-order valence-corrected chi connectivity index (χ4v) is 3.31. The molecule has 1 atom stereocenters. The van der Waals surface area contributed by atoms with Crippen molar-refractivity contribution in [1.82, 2.24) is 15.5 Å². The second-order valence-electron chi connectivity index (χ2n) is 7.70. The second kappa shape index (κ2) is 12.6. The lowest BCUT2D eigenvalue weighted by molar-refractivity contribution is -0.127. The predicted molar refractivity (Wildman–Crippen MR) is 135 cm³/mol. The van der Waals surface area contributed by atoms with Gasteiger partial charge >= 0.3 is 0 Å². The molecule has 8 nitrogen and oxygen atoms in total. The highest BCUT2D eigenvalue weighted by Crippen LogP contribution is 2.35. The highest BCUT2D eigenvalue weighted by atomic mass is 127. The summed E-state index contributed by atoms with van der Waals surface area (Å²) in [6.45, 7) is 5.78. The molecule has 1 aliphatic heterocycles. The normalized spacial score (nSPS) is 14.8. The smallest absolute Gasteiger partial charge is 0.241 e. The third-order valence-corrected chi connectivity index (χ3v) is 4.94. The van der Waals surface area contributed by atoms with Gasteiger partial charge in [0.2, 0.25) is 5.91 Å². The number of aliphatic imine (C=N–C) groups is 1. The molecule has 1 amide bonds. The van der Waals surface area contributed by atoms with E-state index in [4.69, 9.17) is 13.9 Å². The van der Waals surface area contributed by atoms with Crippen molar-refractivity contribution in [2.24, 2.45) is 4.99 Å². The highest BCUT2D eigenvalue weighted by Gasteiger charge is 2.21. The van der Waals surface area contributed by atoms with E-state index in [1.54, 1.807) is 25.3 Å². The van der Waals surface area contributed by atoms with Crippen molar-refractivity contribution >= 4 is 35.8 Å². The number of carbonyl (C=O) groups is 1. The van der Waals surface area contributed by atoms with E-state index in [0.29, 0.717) is 32.1 Å². The third kappa shape index (κ3) is 7.32. The van der Waals surface area contributed by atoms with Crippen molar-refractivity contribution in [3.8, 4) is 11.5 Å². The zero-order valence-electron chi connectivity index (χ0n) is 19.1. The number of furan rings is 1. The van der Waals surface area contributed by atoms with Gasteiger partial charge in [0.05, 0.1) is 26.0 Å². The molecule has 0 fully saturated rings. The van der Waals surface area contributed by atoms with Crippen LogP contribution in [0.2, 0.25) is 0 Å². The fourth-order valence-electron chi connectivity index (χ4n) is 3.31. The Morgan fingerprint density at radius 3 is 2.81 bits per heavy atom. The summed E-state index contributed by atoms with van der Waals surface area (Å²) in [4.78, 5) is 18.2. The van der Waals surface area contributed by atoms with Crippen LogP contribution in [0.15, 0.2) is 39.9 Å². The minimum absolute atomic E-state index is 0. The van der Waals surface area contributed by atoms with Crippen LogP contribution < -0.4 is 20.1 Å². The number of amides is 1. The Bertz CT molecular complexity index is 900. The number of ether oxygens (including phenoxy) is 2. The Balaban J connectivity index is 0.00000363. The van der Waals surface area contributed by atoms with Crippen molar-refractivity contribution in [3.05, 3.63) is 47.4 Å². The molecule has 1 aromatic carbocycles. The summed E-state index contributed by atoms with van der Waals surface area (Å²) in [6, 6.07) is 7.87. The first-order chi connectivity index (χ1) is 15.0. The van der Waals surface area contributed by atoms with Gasteiger partial charge < -0.3 is 29.4 Å². The summed E-state index contributed by atoms with van der Waals surface area (Å²) >= 11 is 0. The summed E-state index contributed by atoms with van der Waals surface area (Å²) in [5.41, 5.74) is 2.11. The molecule has 0 saturated heterocycles. The number of nitrogens with zero attached hydrogens (tertiary/aromatic N) is 2. The van der Waals surface area contributed by atoms with Gasteiger partial charge in [0.15, 0.2) is 5.96 Å². The van der Waals surface area contributed by atoms with Crippen molar-refractivity contribution in [1.29, 1.82) is 0 Å². The number of carbonyl (C=O) groups excluding carboxylic acids is 1. The monoisotopic (exact) mass is 556 g/mol. The molecular weight excluding hydrogens is 523 g/mol. The lowest BCUT2D eigenvalue weighted by atomic mass is 10.1. The number of likely N-dealkylation sites (N-methyl/N-ethyl adjacent to an activating group) is 1. The number of halogens is 1. The first kappa shape index (κ1) is 25.8. The standard InChI is InChI=1S/C23H32N4O4.HI/c1-5-29-20-12-17-11-16(2)31-21(17)13-18(20)14-25-23(26-15-22(28)27(3)4)24-9-8-19-7-6-10-30-19;/h6-7,10,12-13,16H,5,8-9,11,14-15H2,1-4H3,(H2,24,25,26);1H. The Hall–Kier alpha value is -2.43. The van der Waals surface area contributed by atoms with Crippen molar-refractivity contribution < 1.29 is 18.7 Å². The summed E-state index contributed by atoms with van der Waals surface area (Å²) in [5.74, 6) is 3.13. The molecule has 2 N–H and O–H groups in total. The average molecular weight is 556 g/mol. The molecule has 0 saturated carbocycles. The predicted octanol–water partition coefficient (Wildman–Crippen LogP) is 2.99. The van der Waals surface area contributed by atoms with Gasteiger partial charge in [-0.05, 0) is 38.1 Å². The molecular formula is C23H33IN4O4. The van der Waals surface area contributed by atoms with Gasteiger partial charge in [-0.15, -0.1) is 24.0 Å². The van der Waals surface area contributed by atoms with Crippen LogP contribution in [0.3, 0.4) is 0 Å². The molecule has 0 radical (unpaired) electrons. The van der Waals surface area contributed by atoms with E-state index in [1.165, 1.54) is 0 Å². The van der Waals surface area contributed by atoms with Gasteiger partial charge in [0, 0.05) is 44.6 Å². The van der Waals surface area contributed by atoms with Crippen LogP contribution in [0.4, 0.5) is 0 Å². The molecule has 2 aromatic rings. The van der Waals surface area contributed by atoms with Crippen LogP contribution in [-0.2, 0) is 24.2 Å². The number of nitrogens with one attached hydrogen (secondary N) is 2. The Kier molecular flexibility index (Phi) is 10.1. The molecule has 2 heterocycles. The number of fused-ring (bicyclic) bond motifs is 1. The lowest BCUT2D eigenvalue weighted by Crippen LogP contribution is -2.43. The number of hydrogen-bond acceptors (Lipinski definition) is 5. The molecule has 32 heavy (non-hydrogen) atoms. The zero-order valence-corrected chi connectivity index (χ0v) is 21.5. The number of rotatable bonds is 9. The molecule has 3 rings (SSSR count). The maximum absolute atomic E-state index is 12.0. The van der Waals surface area contributed by atoms with Crippen LogP contribution in [0.25, 0.3) is 0 Å². The van der Waals surface area contributed by atoms with E-state index < -0.39 is 0 Å². The van der Waals surface area contributed by atoms with E-state index >= 15 is 0 Å². The van der Waals surface area contributed by atoms with E-state index in [-0.39, 0.29) is 42.5 Å². The quantitative estimate of drug-likeness (QED) is 0.281. The molecule has 0 spiro atoms. The maximum atomic E-state index is 12.0. The van der Waals surface area contributed by atoms with Gasteiger partial charge in [0.1, 0.15) is 23.4 Å². The van der Waals surface area contributed by atoms with Crippen LogP contribution in [0.1, 0.15) is 30.7 Å². The topological polar surface area (TPSA) is 88.3 Å². The molecule has 1 unspecified atom stereocenters. The molecule has 176 valence electrons. The lowest BCUT2D eigenvalue weighted by Gasteiger charge is -2.16. The Labute approximate surface area is 206 Å². The summed E-state index contributed by atoms with van der Waals surface area (Å²) in [5, 5.41) is 6.38. The zero-order chi connectivity index (χ0) is 22.2. The molecule has 0 bridgehead atoms. The van der Waals surface area contributed by atoms with E-state index in [2.05, 4.69) is 28.6 Å². The second-order valence-corrected chi connectivity index (χ2v) is 7.70. The molecule has 1 aliphatic rings. The van der Waals surface area contributed by atoms with Crippen molar-refractivity contribution in [2.75, 3.05) is 33.8 Å². The van der Waals surface area contributed by atoms with E-state index in [0.717, 1.165) is 34.8 Å². The SMILES string of the molecule is CCOc1cc2c(cc1CN=C(NCCc1ccco1)NCC(=O)N(C)C)OC(C)C2.I. The number of hydrogen-bond donors (Lipinski definition) is 2. The average Bonchev–Trinajstić information content (AvgIpc) is 3.37. The molecule has 0 aliphatic carbocycles. The van der Waals surface area contributed by atoms with Crippen molar-refractivity contribution in [3.63, 3.8) is 0 Å². The minimum Gasteiger partial charge on any atom is -0.494 e. The Morgan fingerprint density at radius 2 is 2.12 bits per heavy atom. The minimum atomic E-state index is -0.0320. The first-order valence-corrected chi connectivity index (χ1v) is 10.7. The maximum Gasteiger partial charge on any atom is 0.241 e. The highest BCUT2D eigenvalue weighted by molar-refractivity contribution is 14.0. The molecule has 9 heteroatoms. The van der Waals surface area contributed by atoms with Gasteiger partial charge in [0.25, 0.3) is 0 Å². The number of benzene rings is 1. The van der Waals surface area contributed by atoms with E-state index in [1.807, 2.05) is 25.1 Å². The third-order valence-electron chi connectivity index (χ3n) is 4.94. The first-order valence-electron chi connectivity index (χ1n) is 10.7. The fraction of sp³-hybridized carbons (Fsp3) is 0.478.